The molecule has 1 aliphatic heterocycles. The molecule has 0 unspecified atom stereocenters. The van der Waals surface area contributed by atoms with E-state index in [1.807, 2.05) is 0 Å². The van der Waals surface area contributed by atoms with E-state index in [9.17, 15) is 0 Å². The average molecular weight is 177 g/mol. The van der Waals surface area contributed by atoms with E-state index in [0.717, 1.165) is 6.54 Å². The van der Waals surface area contributed by atoms with Crippen molar-refractivity contribution in [2.75, 3.05) is 6.17 Å². The van der Waals surface area contributed by atoms with Crippen LogP contribution in [0.4, 0.5) is 0 Å². The molecule has 1 aliphatic rings. The van der Waals surface area contributed by atoms with E-state index in [1.165, 1.54) is 11.7 Å². The minimum Gasteiger partial charge on any atom is -0.315 e. The predicted molar refractivity (Wildman–Crippen MR) is 55.3 cm³/mol. The van der Waals surface area contributed by atoms with Crippen molar-refractivity contribution in [3.8, 4) is 0 Å². The fourth-order valence-electron chi connectivity index (χ4n) is 1.94. The summed E-state index contributed by atoms with van der Waals surface area (Å²) in [5, 5.41) is 5.14. The van der Waals surface area contributed by atoms with Crippen LogP contribution in [0.25, 0.3) is 0 Å². The number of hydrogen-bond donors (Lipinski definition) is 1. The van der Waals surface area contributed by atoms with E-state index in [0.29, 0.717) is 0 Å². The molecule has 0 aromatic heterocycles. The molecule has 2 heteroatoms. The molecule has 0 bridgehead atoms. The first-order chi connectivity index (χ1) is 5.70. The van der Waals surface area contributed by atoms with Gasteiger partial charge in [0.1, 0.15) is 0 Å². The van der Waals surface area contributed by atoms with Gasteiger partial charge in [-0.05, 0) is 11.7 Å². The molecule has 0 atom stereocenters. The van der Waals surface area contributed by atoms with Crippen LogP contribution >= 0.6 is 0 Å². The smallest absolute Gasteiger partial charge is 0.0949 e. The minimum absolute atomic E-state index is 1.06. The quantitative estimate of drug-likeness (QED) is 0.588. The maximum absolute atomic E-state index is 3.49. The van der Waals surface area contributed by atoms with Crippen molar-refractivity contribution in [2.24, 2.45) is 0 Å². The van der Waals surface area contributed by atoms with E-state index in [-0.39, 0.29) is 0 Å². The summed E-state index contributed by atoms with van der Waals surface area (Å²) in [6.45, 7) is 5.92. The molecule has 1 aromatic carbocycles. The topological polar surface area (TPSA) is 12.0 Å². The summed E-state index contributed by atoms with van der Waals surface area (Å²) in [4.78, 5) is 0. The molecule has 0 fully saturated rings. The molecular weight excluding hydrogens is 162 g/mol. The van der Waals surface area contributed by atoms with Gasteiger partial charge in [0.05, 0.1) is 8.07 Å². The monoisotopic (exact) mass is 177 g/mol. The first-order valence-corrected chi connectivity index (χ1v) is 7.70. The van der Waals surface area contributed by atoms with Crippen molar-refractivity contribution in [2.45, 2.75) is 19.6 Å². The Hall–Kier alpha value is -0.603. The number of hydrogen-bond acceptors (Lipinski definition) is 1. The van der Waals surface area contributed by atoms with Crippen LogP contribution < -0.4 is 10.5 Å². The van der Waals surface area contributed by atoms with Crippen molar-refractivity contribution in [1.29, 1.82) is 0 Å². The maximum atomic E-state index is 3.49. The summed E-state index contributed by atoms with van der Waals surface area (Å²) in [6, 6.07) is 8.86. The first kappa shape index (κ1) is 8.02. The second-order valence-electron chi connectivity index (χ2n) is 4.14. The second kappa shape index (κ2) is 2.71. The zero-order valence-electron chi connectivity index (χ0n) is 7.72. The van der Waals surface area contributed by atoms with Gasteiger partial charge in [-0.2, -0.15) is 0 Å². The number of fused-ring (bicyclic) bond motifs is 1. The summed E-state index contributed by atoms with van der Waals surface area (Å²) in [5.41, 5.74) is 1.51. The zero-order chi connectivity index (χ0) is 8.60. The molecule has 0 aliphatic carbocycles. The van der Waals surface area contributed by atoms with Gasteiger partial charge < -0.3 is 5.32 Å². The Labute approximate surface area is 74.8 Å². The van der Waals surface area contributed by atoms with Crippen LogP contribution in [0.5, 0.6) is 0 Å². The maximum Gasteiger partial charge on any atom is 0.0949 e. The van der Waals surface area contributed by atoms with Crippen LogP contribution in [0.3, 0.4) is 0 Å². The van der Waals surface area contributed by atoms with Crippen molar-refractivity contribution in [1.82, 2.24) is 5.32 Å². The third kappa shape index (κ3) is 1.21. The molecule has 12 heavy (non-hydrogen) atoms. The Kier molecular flexibility index (Phi) is 1.81. The lowest BCUT2D eigenvalue weighted by Crippen LogP contribution is -2.56. The largest absolute Gasteiger partial charge is 0.315 e. The van der Waals surface area contributed by atoms with Crippen molar-refractivity contribution in [3.63, 3.8) is 0 Å². The molecule has 0 saturated heterocycles. The molecule has 1 N–H and O–H groups in total. The molecule has 2 rings (SSSR count). The lowest BCUT2D eigenvalue weighted by Gasteiger charge is -2.31. The lowest BCUT2D eigenvalue weighted by atomic mass is 10.2. The van der Waals surface area contributed by atoms with Crippen molar-refractivity contribution < 1.29 is 0 Å². The van der Waals surface area contributed by atoms with E-state index < -0.39 is 8.07 Å². The molecule has 0 amide bonds. The number of rotatable bonds is 0. The molecule has 1 heterocycles. The van der Waals surface area contributed by atoms with Gasteiger partial charge >= 0.3 is 0 Å². The van der Waals surface area contributed by atoms with Crippen LogP contribution in [0.2, 0.25) is 13.1 Å². The zero-order valence-corrected chi connectivity index (χ0v) is 8.72. The van der Waals surface area contributed by atoms with Gasteiger partial charge in [0.15, 0.2) is 0 Å². The van der Waals surface area contributed by atoms with Crippen molar-refractivity contribution >= 4 is 13.3 Å². The van der Waals surface area contributed by atoms with Gasteiger partial charge in [0.2, 0.25) is 0 Å². The SMILES string of the molecule is C[Si]1(C)CNCc2ccccc21. The molecule has 0 radical (unpaired) electrons. The Morgan fingerprint density at radius 2 is 2.00 bits per heavy atom. The Morgan fingerprint density at radius 3 is 2.75 bits per heavy atom. The van der Waals surface area contributed by atoms with Gasteiger partial charge in [0.25, 0.3) is 0 Å². The number of nitrogens with one attached hydrogen (secondary N) is 1. The van der Waals surface area contributed by atoms with Crippen LogP contribution in [0, 0.1) is 0 Å². The molecular formula is C10H15NSi. The highest BCUT2D eigenvalue weighted by atomic mass is 28.3. The van der Waals surface area contributed by atoms with E-state index in [1.54, 1.807) is 5.19 Å². The highest BCUT2D eigenvalue weighted by Gasteiger charge is 2.28. The number of benzene rings is 1. The van der Waals surface area contributed by atoms with Gasteiger partial charge in [0, 0.05) is 6.54 Å². The normalized spacial score (nSPS) is 20.2. The standard InChI is InChI=1S/C10H15NSi/c1-12(2)8-11-7-9-5-3-4-6-10(9)12/h3-6,11H,7-8H2,1-2H3. The van der Waals surface area contributed by atoms with Gasteiger partial charge in [-0.25, -0.2) is 0 Å². The average Bonchev–Trinajstić information content (AvgIpc) is 2.04. The fourth-order valence-corrected chi connectivity index (χ4v) is 4.47. The van der Waals surface area contributed by atoms with Crippen LogP contribution in [-0.2, 0) is 6.54 Å². The summed E-state index contributed by atoms with van der Waals surface area (Å²) >= 11 is 0. The highest BCUT2D eigenvalue weighted by molar-refractivity contribution is 6.90. The molecule has 1 aromatic rings. The third-order valence-corrected chi connectivity index (χ3v) is 5.71. The van der Waals surface area contributed by atoms with Gasteiger partial charge in [-0.15, -0.1) is 0 Å². The molecule has 0 saturated carbocycles. The Bertz CT molecular complexity index is 294. The summed E-state index contributed by atoms with van der Waals surface area (Å²) in [7, 11) is -1.12. The summed E-state index contributed by atoms with van der Waals surface area (Å²) < 4.78 is 0. The second-order valence-corrected chi connectivity index (χ2v) is 8.80. The van der Waals surface area contributed by atoms with Crippen LogP contribution in [0.1, 0.15) is 5.56 Å². The highest BCUT2D eigenvalue weighted by Crippen LogP contribution is 2.10. The van der Waals surface area contributed by atoms with Crippen LogP contribution in [-0.4, -0.2) is 14.2 Å². The Balaban J connectivity index is 2.52. The Morgan fingerprint density at radius 1 is 1.25 bits per heavy atom. The van der Waals surface area contributed by atoms with E-state index in [4.69, 9.17) is 0 Å². The fraction of sp³-hybridized carbons (Fsp3) is 0.400. The summed E-state index contributed by atoms with van der Waals surface area (Å²) in [5.74, 6) is 0. The van der Waals surface area contributed by atoms with E-state index >= 15 is 0 Å². The van der Waals surface area contributed by atoms with E-state index in [2.05, 4.69) is 42.7 Å². The van der Waals surface area contributed by atoms with Gasteiger partial charge in [-0.3, -0.25) is 0 Å². The molecule has 1 nitrogen and oxygen atoms in total. The summed E-state index contributed by atoms with van der Waals surface area (Å²) in [6.07, 6.45) is 1.23. The van der Waals surface area contributed by atoms with Crippen molar-refractivity contribution in [3.05, 3.63) is 29.8 Å². The minimum atomic E-state index is -1.12. The third-order valence-electron chi connectivity index (χ3n) is 2.63. The predicted octanol–water partition coefficient (Wildman–Crippen LogP) is 1.24. The lowest BCUT2D eigenvalue weighted by molar-refractivity contribution is 0.767. The van der Waals surface area contributed by atoms with Crippen LogP contribution in [0.15, 0.2) is 24.3 Å². The molecule has 0 spiro atoms. The molecule has 64 valence electrons. The van der Waals surface area contributed by atoms with Gasteiger partial charge in [-0.1, -0.05) is 42.5 Å². The first-order valence-electron chi connectivity index (χ1n) is 4.49.